The Balaban J connectivity index is 2.02. The molecular formula is C16H24N4S2. The van der Waals surface area contributed by atoms with Crippen molar-refractivity contribution in [1.82, 2.24) is 15.2 Å². The minimum Gasteiger partial charge on any atom is -0.357 e. The fourth-order valence-electron chi connectivity index (χ4n) is 2.12. The molecule has 0 aliphatic carbocycles. The highest BCUT2D eigenvalue weighted by molar-refractivity contribution is 7.12. The summed E-state index contributed by atoms with van der Waals surface area (Å²) in [6.45, 7) is 8.69. The van der Waals surface area contributed by atoms with E-state index in [0.29, 0.717) is 0 Å². The SMILES string of the molecule is CCNC(=NCc1ccc(CC)s1)N(C)Cc1csc(C)n1. The molecule has 0 fully saturated rings. The molecule has 0 atom stereocenters. The number of nitrogens with one attached hydrogen (secondary N) is 1. The zero-order valence-electron chi connectivity index (χ0n) is 13.7. The second-order valence-electron chi connectivity index (χ2n) is 5.11. The van der Waals surface area contributed by atoms with Crippen LogP contribution in [0.3, 0.4) is 0 Å². The summed E-state index contributed by atoms with van der Waals surface area (Å²) < 4.78 is 0. The highest BCUT2D eigenvalue weighted by Crippen LogP contribution is 2.18. The highest BCUT2D eigenvalue weighted by Gasteiger charge is 2.09. The summed E-state index contributed by atoms with van der Waals surface area (Å²) in [5.41, 5.74) is 1.10. The molecule has 0 aliphatic rings. The van der Waals surface area contributed by atoms with Gasteiger partial charge in [0.1, 0.15) is 0 Å². The summed E-state index contributed by atoms with van der Waals surface area (Å²) in [6, 6.07) is 4.38. The van der Waals surface area contributed by atoms with Crippen molar-refractivity contribution in [2.75, 3.05) is 13.6 Å². The second kappa shape index (κ2) is 8.29. The van der Waals surface area contributed by atoms with Crippen molar-refractivity contribution in [2.24, 2.45) is 4.99 Å². The van der Waals surface area contributed by atoms with Crippen molar-refractivity contribution >= 4 is 28.6 Å². The molecule has 2 aromatic rings. The van der Waals surface area contributed by atoms with Crippen LogP contribution >= 0.6 is 22.7 Å². The first-order chi connectivity index (χ1) is 10.6. The normalized spacial score (nSPS) is 11.7. The monoisotopic (exact) mass is 336 g/mol. The quantitative estimate of drug-likeness (QED) is 0.646. The van der Waals surface area contributed by atoms with Crippen molar-refractivity contribution in [3.05, 3.63) is 38.0 Å². The molecule has 2 aromatic heterocycles. The Morgan fingerprint density at radius 1 is 1.32 bits per heavy atom. The molecule has 2 rings (SSSR count). The van der Waals surface area contributed by atoms with E-state index >= 15 is 0 Å². The number of aliphatic imine (C=N–C) groups is 1. The number of aromatic nitrogens is 1. The fraction of sp³-hybridized carbons (Fsp3) is 0.500. The van der Waals surface area contributed by atoms with Gasteiger partial charge in [0.2, 0.25) is 0 Å². The van der Waals surface area contributed by atoms with Crippen LogP contribution in [0.15, 0.2) is 22.5 Å². The average Bonchev–Trinajstić information content (AvgIpc) is 3.12. The van der Waals surface area contributed by atoms with Crippen molar-refractivity contribution in [3.63, 3.8) is 0 Å². The Hall–Kier alpha value is -1.40. The predicted octanol–water partition coefficient (Wildman–Crippen LogP) is 3.67. The Morgan fingerprint density at radius 3 is 2.68 bits per heavy atom. The molecule has 6 heteroatoms. The first-order valence-corrected chi connectivity index (χ1v) is 9.30. The molecule has 0 unspecified atom stereocenters. The van der Waals surface area contributed by atoms with Gasteiger partial charge in [-0.05, 0) is 32.4 Å². The molecule has 0 saturated carbocycles. The number of guanidine groups is 1. The minimum atomic E-state index is 0.730. The number of aryl methyl sites for hydroxylation is 2. The minimum absolute atomic E-state index is 0.730. The summed E-state index contributed by atoms with van der Waals surface area (Å²) in [7, 11) is 2.06. The standard InChI is InChI=1S/C16H24N4S2/c1-5-14-7-8-15(22-14)9-18-16(17-6-2)20(4)10-13-11-21-12(3)19-13/h7-8,11H,5-6,9-10H2,1-4H3,(H,17,18). The molecule has 0 amide bonds. The van der Waals surface area contributed by atoms with Crippen LogP contribution in [0.1, 0.15) is 34.3 Å². The predicted molar refractivity (Wildman–Crippen MR) is 96.8 cm³/mol. The molecule has 0 radical (unpaired) electrons. The van der Waals surface area contributed by atoms with Gasteiger partial charge in [-0.15, -0.1) is 22.7 Å². The number of hydrogen-bond donors (Lipinski definition) is 1. The fourth-order valence-corrected chi connectivity index (χ4v) is 3.60. The van der Waals surface area contributed by atoms with Crippen molar-refractivity contribution in [2.45, 2.75) is 40.3 Å². The van der Waals surface area contributed by atoms with E-state index in [0.717, 1.165) is 42.7 Å². The third kappa shape index (κ3) is 4.81. The van der Waals surface area contributed by atoms with E-state index < -0.39 is 0 Å². The zero-order chi connectivity index (χ0) is 15.9. The van der Waals surface area contributed by atoms with Crippen LogP contribution in [0.25, 0.3) is 0 Å². The molecule has 0 saturated heterocycles. The second-order valence-corrected chi connectivity index (χ2v) is 7.42. The lowest BCUT2D eigenvalue weighted by atomic mass is 10.4. The molecule has 22 heavy (non-hydrogen) atoms. The first kappa shape index (κ1) is 17.0. The van der Waals surface area contributed by atoms with Gasteiger partial charge in [-0.25, -0.2) is 9.98 Å². The third-order valence-electron chi connectivity index (χ3n) is 3.21. The van der Waals surface area contributed by atoms with E-state index in [1.165, 1.54) is 9.75 Å². The number of thiazole rings is 1. The van der Waals surface area contributed by atoms with E-state index in [4.69, 9.17) is 4.99 Å². The van der Waals surface area contributed by atoms with Crippen LogP contribution in [0.4, 0.5) is 0 Å². The van der Waals surface area contributed by atoms with Crippen molar-refractivity contribution in [1.29, 1.82) is 0 Å². The summed E-state index contributed by atoms with van der Waals surface area (Å²) in [6.07, 6.45) is 1.09. The van der Waals surface area contributed by atoms with Crippen LogP contribution in [0, 0.1) is 6.92 Å². The van der Waals surface area contributed by atoms with Gasteiger partial charge in [0, 0.05) is 28.7 Å². The van der Waals surface area contributed by atoms with Crippen LogP contribution in [0.5, 0.6) is 0 Å². The van der Waals surface area contributed by atoms with Gasteiger partial charge < -0.3 is 10.2 Å². The third-order valence-corrected chi connectivity index (χ3v) is 5.25. The highest BCUT2D eigenvalue weighted by atomic mass is 32.1. The van der Waals surface area contributed by atoms with Crippen LogP contribution in [-0.4, -0.2) is 29.4 Å². The van der Waals surface area contributed by atoms with E-state index in [9.17, 15) is 0 Å². The molecule has 4 nitrogen and oxygen atoms in total. The molecule has 0 bridgehead atoms. The van der Waals surface area contributed by atoms with E-state index in [2.05, 4.69) is 53.6 Å². The maximum absolute atomic E-state index is 4.75. The molecule has 0 spiro atoms. The number of nitrogens with zero attached hydrogens (tertiary/aromatic N) is 3. The summed E-state index contributed by atoms with van der Waals surface area (Å²) >= 11 is 3.54. The molecule has 120 valence electrons. The number of thiophene rings is 1. The molecular weight excluding hydrogens is 312 g/mol. The topological polar surface area (TPSA) is 40.5 Å². The number of hydrogen-bond acceptors (Lipinski definition) is 4. The average molecular weight is 337 g/mol. The van der Waals surface area contributed by atoms with Gasteiger partial charge in [-0.3, -0.25) is 0 Å². The lowest BCUT2D eigenvalue weighted by Gasteiger charge is -2.21. The van der Waals surface area contributed by atoms with Crippen LogP contribution in [0.2, 0.25) is 0 Å². The maximum atomic E-state index is 4.75. The van der Waals surface area contributed by atoms with Gasteiger partial charge in [-0.2, -0.15) is 0 Å². The van der Waals surface area contributed by atoms with Crippen LogP contribution < -0.4 is 5.32 Å². The van der Waals surface area contributed by atoms with E-state index in [-0.39, 0.29) is 0 Å². The van der Waals surface area contributed by atoms with E-state index in [1.54, 1.807) is 11.3 Å². The maximum Gasteiger partial charge on any atom is 0.194 e. The lowest BCUT2D eigenvalue weighted by molar-refractivity contribution is 0.471. The van der Waals surface area contributed by atoms with Gasteiger partial charge in [0.15, 0.2) is 5.96 Å². The van der Waals surface area contributed by atoms with E-state index in [1.807, 2.05) is 18.3 Å². The zero-order valence-corrected chi connectivity index (χ0v) is 15.4. The summed E-state index contributed by atoms with van der Waals surface area (Å²) in [5.74, 6) is 0.930. The Labute approximate surface area is 140 Å². The van der Waals surface area contributed by atoms with Crippen LogP contribution in [-0.2, 0) is 19.5 Å². The number of rotatable bonds is 6. The first-order valence-electron chi connectivity index (χ1n) is 7.60. The summed E-state index contributed by atoms with van der Waals surface area (Å²) in [4.78, 5) is 14.1. The van der Waals surface area contributed by atoms with Crippen molar-refractivity contribution < 1.29 is 0 Å². The Kier molecular flexibility index (Phi) is 6.39. The lowest BCUT2D eigenvalue weighted by Crippen LogP contribution is -2.38. The molecule has 2 heterocycles. The Bertz CT molecular complexity index is 615. The van der Waals surface area contributed by atoms with Gasteiger partial charge in [0.25, 0.3) is 0 Å². The van der Waals surface area contributed by atoms with Crippen molar-refractivity contribution in [3.8, 4) is 0 Å². The van der Waals surface area contributed by atoms with Gasteiger partial charge >= 0.3 is 0 Å². The largest absolute Gasteiger partial charge is 0.357 e. The van der Waals surface area contributed by atoms with Gasteiger partial charge in [0.05, 0.1) is 23.8 Å². The molecule has 0 aromatic carbocycles. The molecule has 1 N–H and O–H groups in total. The summed E-state index contributed by atoms with van der Waals surface area (Å²) in [5, 5.41) is 6.58. The van der Waals surface area contributed by atoms with Gasteiger partial charge in [-0.1, -0.05) is 6.92 Å². The Morgan fingerprint density at radius 2 is 2.09 bits per heavy atom. The molecule has 0 aliphatic heterocycles. The smallest absolute Gasteiger partial charge is 0.194 e.